The third-order valence-electron chi connectivity index (χ3n) is 1.25. The predicted octanol–water partition coefficient (Wildman–Crippen LogP) is 2.90. The highest BCUT2D eigenvalue weighted by atomic mass is 31.0. The molecule has 86 valence electrons. The fraction of sp³-hybridized carbons (Fsp3) is 0.364. The van der Waals surface area contributed by atoms with Crippen molar-refractivity contribution in [1.29, 1.82) is 0 Å². The number of rotatable bonds is 1. The molecule has 1 N–H and O–H groups in total. The molecule has 2 nitrogen and oxygen atoms in total. The highest BCUT2D eigenvalue weighted by molar-refractivity contribution is 7.27. The van der Waals surface area contributed by atoms with Gasteiger partial charge in [-0.05, 0) is 17.4 Å². The monoisotopic (exact) mass is 232 g/mol. The van der Waals surface area contributed by atoms with Gasteiger partial charge in [0.25, 0.3) is 0 Å². The third kappa shape index (κ3) is 5.48. The summed E-state index contributed by atoms with van der Waals surface area (Å²) in [7, 11) is 2.22. The van der Waals surface area contributed by atoms with Crippen LogP contribution in [0.2, 0.25) is 0 Å². The van der Waals surface area contributed by atoms with Crippen molar-refractivity contribution in [2.24, 2.45) is 0 Å². The van der Waals surface area contributed by atoms with Gasteiger partial charge in [0.2, 0.25) is 0 Å². The summed E-state index contributed by atoms with van der Waals surface area (Å²) in [4.78, 5) is 10.2. The summed E-state index contributed by atoms with van der Waals surface area (Å²) in [6, 6.07) is 2.46. The summed E-state index contributed by atoms with van der Waals surface area (Å²) in [5.74, 6) is -1.03. The van der Waals surface area contributed by atoms with Gasteiger partial charge in [-0.25, -0.2) is 4.39 Å². The van der Waals surface area contributed by atoms with Gasteiger partial charge in [0.1, 0.15) is 11.6 Å². The average molecular weight is 232 g/mol. The number of carbonyl (C=O) groups excluding carboxylic acids is 1. The molecular weight excluding hydrogens is 214 g/mol. The van der Waals surface area contributed by atoms with Gasteiger partial charge >= 0.3 is 0 Å². The Morgan fingerprint density at radius 3 is 2.07 bits per heavy atom. The predicted molar refractivity (Wildman–Crippen MR) is 65.5 cm³/mol. The molecule has 0 amide bonds. The zero-order chi connectivity index (χ0) is 12.4. The van der Waals surface area contributed by atoms with Crippen molar-refractivity contribution < 1.29 is 14.3 Å². The molecule has 0 bridgehead atoms. The van der Waals surface area contributed by atoms with E-state index in [1.54, 1.807) is 0 Å². The second-order valence-electron chi connectivity index (χ2n) is 2.05. The Kier molecular flexibility index (Phi) is 10.5. The minimum absolute atomic E-state index is 0.286. The van der Waals surface area contributed by atoms with Crippen molar-refractivity contribution in [3.8, 4) is 5.75 Å². The van der Waals surface area contributed by atoms with Crippen LogP contribution in [0.1, 0.15) is 38.1 Å². The quantitative estimate of drug-likeness (QED) is 0.597. The maximum atomic E-state index is 12.7. The van der Waals surface area contributed by atoms with Crippen molar-refractivity contribution in [2.45, 2.75) is 27.7 Å². The number of phenols is 1. The van der Waals surface area contributed by atoms with E-state index in [4.69, 9.17) is 5.11 Å². The smallest absolute Gasteiger partial charge is 0.156 e. The van der Waals surface area contributed by atoms with Gasteiger partial charge in [-0.2, -0.15) is 0 Å². The summed E-state index contributed by atoms with van der Waals surface area (Å²) >= 11 is 0. The molecule has 0 radical (unpaired) electrons. The number of aromatic hydroxyl groups is 1. The first-order chi connectivity index (χ1) is 7.15. The van der Waals surface area contributed by atoms with Crippen LogP contribution in [0, 0.1) is 5.82 Å². The van der Waals surface area contributed by atoms with Crippen LogP contribution in [0.25, 0.3) is 0 Å². The fourth-order valence-corrected chi connectivity index (χ4v) is 1.04. The molecule has 0 aromatic heterocycles. The maximum Gasteiger partial charge on any atom is 0.156 e. The van der Waals surface area contributed by atoms with Crippen molar-refractivity contribution >= 4 is 20.8 Å². The highest BCUT2D eigenvalue weighted by Gasteiger charge is 2.06. The van der Waals surface area contributed by atoms with Crippen LogP contribution in [-0.2, 0) is 0 Å². The molecule has 0 fully saturated rings. The lowest BCUT2D eigenvalue weighted by molar-refractivity contribution is 0.111. The SMILES string of the molecule is CC.CC.O=Cc1c(O)cc(P)cc1F. The molecule has 0 spiro atoms. The van der Waals surface area contributed by atoms with Crippen LogP contribution < -0.4 is 5.30 Å². The molecule has 15 heavy (non-hydrogen) atoms. The second kappa shape index (κ2) is 9.60. The van der Waals surface area contributed by atoms with E-state index in [2.05, 4.69) is 9.24 Å². The summed E-state index contributed by atoms with van der Waals surface area (Å²) in [6.07, 6.45) is 0.286. The van der Waals surface area contributed by atoms with Gasteiger partial charge in [0, 0.05) is 0 Å². The van der Waals surface area contributed by atoms with E-state index in [1.165, 1.54) is 6.07 Å². The average Bonchev–Trinajstić information content (AvgIpc) is 2.23. The van der Waals surface area contributed by atoms with Crippen molar-refractivity contribution in [3.63, 3.8) is 0 Å². The first kappa shape index (κ1) is 16.5. The number of carbonyl (C=O) groups is 1. The molecule has 0 saturated heterocycles. The summed E-state index contributed by atoms with van der Waals surface area (Å²) in [5.41, 5.74) is -0.295. The maximum absolute atomic E-state index is 12.7. The fourth-order valence-electron chi connectivity index (χ4n) is 0.740. The van der Waals surface area contributed by atoms with Crippen LogP contribution in [0.15, 0.2) is 12.1 Å². The molecule has 0 aliphatic carbocycles. The van der Waals surface area contributed by atoms with Crippen LogP contribution in [0.5, 0.6) is 5.75 Å². The Hall–Kier alpha value is -0.950. The molecule has 0 saturated carbocycles. The molecule has 1 atom stereocenters. The lowest BCUT2D eigenvalue weighted by Gasteiger charge is -1.99. The molecule has 1 unspecified atom stereocenters. The Morgan fingerprint density at radius 2 is 1.73 bits per heavy atom. The van der Waals surface area contributed by atoms with E-state index in [0.717, 1.165) is 6.07 Å². The van der Waals surface area contributed by atoms with Gasteiger partial charge in [0.05, 0.1) is 5.56 Å². The van der Waals surface area contributed by atoms with Crippen molar-refractivity contribution in [3.05, 3.63) is 23.5 Å². The first-order valence-corrected chi connectivity index (χ1v) is 5.46. The van der Waals surface area contributed by atoms with E-state index in [-0.39, 0.29) is 17.6 Å². The molecule has 0 aliphatic rings. The molecule has 0 heterocycles. The number of hydrogen-bond donors (Lipinski definition) is 1. The Balaban J connectivity index is 0. The Morgan fingerprint density at radius 1 is 1.27 bits per heavy atom. The molecule has 1 rings (SSSR count). The number of aldehydes is 1. The lowest BCUT2D eigenvalue weighted by atomic mass is 10.2. The molecular formula is C11H18FO2P. The van der Waals surface area contributed by atoms with Gasteiger partial charge in [-0.3, -0.25) is 4.79 Å². The topological polar surface area (TPSA) is 37.3 Å². The molecule has 1 aromatic carbocycles. The van der Waals surface area contributed by atoms with E-state index in [1.807, 2.05) is 27.7 Å². The standard InChI is InChI=1S/C7H6FO2P.2C2H6/c8-6-1-4(11)2-7(10)5(6)3-9;2*1-2/h1-3,10H,11H2;2*1-2H3. The van der Waals surface area contributed by atoms with Gasteiger partial charge in [0.15, 0.2) is 6.29 Å². The van der Waals surface area contributed by atoms with Crippen LogP contribution in [0.4, 0.5) is 4.39 Å². The van der Waals surface area contributed by atoms with Gasteiger partial charge in [-0.1, -0.05) is 27.7 Å². The lowest BCUT2D eigenvalue weighted by Crippen LogP contribution is -1.96. The van der Waals surface area contributed by atoms with Crippen molar-refractivity contribution in [1.82, 2.24) is 0 Å². The molecule has 0 aliphatic heterocycles. The summed E-state index contributed by atoms with van der Waals surface area (Å²) < 4.78 is 12.7. The minimum Gasteiger partial charge on any atom is -0.507 e. The number of hydrogen-bond acceptors (Lipinski definition) is 2. The van der Waals surface area contributed by atoms with Crippen LogP contribution in [-0.4, -0.2) is 11.4 Å². The summed E-state index contributed by atoms with van der Waals surface area (Å²) in [6.45, 7) is 8.00. The van der Waals surface area contributed by atoms with E-state index in [9.17, 15) is 9.18 Å². The third-order valence-corrected chi connectivity index (χ3v) is 1.58. The minimum atomic E-state index is -0.704. The Bertz CT molecular complexity index is 278. The second-order valence-corrected chi connectivity index (χ2v) is 2.72. The normalized spacial score (nSPS) is 7.87. The zero-order valence-corrected chi connectivity index (χ0v) is 10.7. The Labute approximate surface area is 92.7 Å². The highest BCUT2D eigenvalue weighted by Crippen LogP contribution is 2.16. The number of halogens is 1. The van der Waals surface area contributed by atoms with Crippen LogP contribution in [0.3, 0.4) is 0 Å². The van der Waals surface area contributed by atoms with Gasteiger partial charge in [-0.15, -0.1) is 9.24 Å². The zero-order valence-electron chi connectivity index (χ0n) is 9.54. The molecule has 4 heteroatoms. The number of benzene rings is 1. The van der Waals surface area contributed by atoms with E-state index >= 15 is 0 Å². The van der Waals surface area contributed by atoms with Crippen LogP contribution >= 0.6 is 9.24 Å². The molecule has 1 aromatic rings. The largest absolute Gasteiger partial charge is 0.507 e. The van der Waals surface area contributed by atoms with Crippen molar-refractivity contribution in [2.75, 3.05) is 0 Å². The number of phenolic OH excluding ortho intramolecular Hbond substituents is 1. The van der Waals surface area contributed by atoms with Gasteiger partial charge < -0.3 is 5.11 Å². The van der Waals surface area contributed by atoms with E-state index < -0.39 is 5.82 Å². The summed E-state index contributed by atoms with van der Waals surface area (Å²) in [5, 5.41) is 9.49. The first-order valence-electron chi connectivity index (χ1n) is 4.88. The van der Waals surface area contributed by atoms with E-state index in [0.29, 0.717) is 5.30 Å².